The van der Waals surface area contributed by atoms with E-state index in [2.05, 4.69) is 17.2 Å². The SMILES string of the molecule is CC(C)N=C(N)NC1(C)CCCC1. The van der Waals surface area contributed by atoms with E-state index >= 15 is 0 Å². The number of hydrogen-bond acceptors (Lipinski definition) is 1. The maximum Gasteiger partial charge on any atom is 0.189 e. The summed E-state index contributed by atoms with van der Waals surface area (Å²) < 4.78 is 0. The van der Waals surface area contributed by atoms with Crippen LogP contribution in [0.3, 0.4) is 0 Å². The van der Waals surface area contributed by atoms with E-state index in [0.29, 0.717) is 5.96 Å². The summed E-state index contributed by atoms with van der Waals surface area (Å²) in [5.41, 5.74) is 5.98. The third-order valence-corrected chi connectivity index (χ3v) is 2.53. The van der Waals surface area contributed by atoms with E-state index in [9.17, 15) is 0 Å². The Morgan fingerprint density at radius 3 is 2.38 bits per heavy atom. The van der Waals surface area contributed by atoms with Crippen molar-refractivity contribution < 1.29 is 0 Å². The lowest BCUT2D eigenvalue weighted by atomic mass is 10.0. The number of guanidine groups is 1. The van der Waals surface area contributed by atoms with Crippen molar-refractivity contribution in [1.82, 2.24) is 5.32 Å². The topological polar surface area (TPSA) is 50.4 Å². The Bertz CT molecular complexity index is 190. The van der Waals surface area contributed by atoms with E-state index in [1.54, 1.807) is 0 Å². The van der Waals surface area contributed by atoms with Gasteiger partial charge in [-0.3, -0.25) is 4.99 Å². The van der Waals surface area contributed by atoms with Crippen molar-refractivity contribution in [3.8, 4) is 0 Å². The van der Waals surface area contributed by atoms with Crippen molar-refractivity contribution in [2.45, 2.75) is 58.0 Å². The fraction of sp³-hybridized carbons (Fsp3) is 0.900. The van der Waals surface area contributed by atoms with E-state index < -0.39 is 0 Å². The molecule has 0 aromatic heterocycles. The van der Waals surface area contributed by atoms with Gasteiger partial charge in [0.15, 0.2) is 5.96 Å². The van der Waals surface area contributed by atoms with Gasteiger partial charge >= 0.3 is 0 Å². The van der Waals surface area contributed by atoms with Crippen LogP contribution in [0.1, 0.15) is 46.5 Å². The second-order valence-electron chi connectivity index (χ2n) is 4.50. The summed E-state index contributed by atoms with van der Waals surface area (Å²) in [5.74, 6) is 0.597. The normalized spacial score (nSPS) is 22.3. The van der Waals surface area contributed by atoms with Crippen LogP contribution in [-0.4, -0.2) is 17.5 Å². The quantitative estimate of drug-likeness (QED) is 0.505. The van der Waals surface area contributed by atoms with Crippen LogP contribution in [0.2, 0.25) is 0 Å². The maximum absolute atomic E-state index is 5.78. The molecule has 0 saturated heterocycles. The number of nitrogens with one attached hydrogen (secondary N) is 1. The highest BCUT2D eigenvalue weighted by atomic mass is 15.1. The average Bonchev–Trinajstić information content (AvgIpc) is 2.33. The molecule has 1 rings (SSSR count). The molecule has 0 aromatic carbocycles. The predicted octanol–water partition coefficient (Wildman–Crippen LogP) is 1.63. The molecular weight excluding hydrogens is 162 g/mol. The Hall–Kier alpha value is -0.730. The molecule has 1 aliphatic rings. The minimum absolute atomic E-state index is 0.197. The summed E-state index contributed by atoms with van der Waals surface area (Å²) in [6.07, 6.45) is 5.03. The van der Waals surface area contributed by atoms with Crippen LogP contribution >= 0.6 is 0 Å². The molecular formula is C10H21N3. The number of hydrogen-bond donors (Lipinski definition) is 2. The van der Waals surface area contributed by atoms with E-state index in [1.807, 2.05) is 13.8 Å². The molecule has 3 heteroatoms. The van der Waals surface area contributed by atoms with Crippen molar-refractivity contribution in [2.75, 3.05) is 0 Å². The number of aliphatic imine (C=N–C) groups is 1. The van der Waals surface area contributed by atoms with E-state index in [0.717, 1.165) is 0 Å². The summed E-state index contributed by atoms with van der Waals surface area (Å²) in [4.78, 5) is 4.27. The lowest BCUT2D eigenvalue weighted by molar-refractivity contribution is 0.429. The van der Waals surface area contributed by atoms with Crippen LogP contribution in [-0.2, 0) is 0 Å². The van der Waals surface area contributed by atoms with E-state index in [4.69, 9.17) is 5.73 Å². The Kier molecular flexibility index (Phi) is 3.17. The van der Waals surface area contributed by atoms with Crippen LogP contribution < -0.4 is 11.1 Å². The molecule has 0 unspecified atom stereocenters. The molecule has 1 saturated carbocycles. The van der Waals surface area contributed by atoms with Gasteiger partial charge in [0, 0.05) is 11.6 Å². The molecule has 0 bridgehead atoms. The molecule has 76 valence electrons. The Balaban J connectivity index is 2.47. The zero-order valence-corrected chi connectivity index (χ0v) is 8.93. The monoisotopic (exact) mass is 183 g/mol. The van der Waals surface area contributed by atoms with Crippen LogP contribution in [0.15, 0.2) is 4.99 Å². The molecule has 3 N–H and O–H groups in total. The second kappa shape index (κ2) is 3.99. The summed E-state index contributed by atoms with van der Waals surface area (Å²) >= 11 is 0. The maximum atomic E-state index is 5.78. The molecule has 0 radical (unpaired) electrons. The predicted molar refractivity (Wildman–Crippen MR) is 56.8 cm³/mol. The van der Waals surface area contributed by atoms with Gasteiger partial charge in [-0.15, -0.1) is 0 Å². The van der Waals surface area contributed by atoms with Crippen molar-refractivity contribution in [3.05, 3.63) is 0 Å². The highest BCUT2D eigenvalue weighted by molar-refractivity contribution is 5.78. The van der Waals surface area contributed by atoms with Gasteiger partial charge in [0.1, 0.15) is 0 Å². The first-order valence-corrected chi connectivity index (χ1v) is 5.13. The minimum Gasteiger partial charge on any atom is -0.370 e. The molecule has 1 fully saturated rings. The first kappa shape index (κ1) is 10.4. The summed E-state index contributed by atoms with van der Waals surface area (Å²) in [7, 11) is 0. The second-order valence-corrected chi connectivity index (χ2v) is 4.50. The molecule has 0 spiro atoms. The third-order valence-electron chi connectivity index (χ3n) is 2.53. The molecule has 0 atom stereocenters. The fourth-order valence-corrected chi connectivity index (χ4v) is 1.90. The Morgan fingerprint density at radius 1 is 1.38 bits per heavy atom. The average molecular weight is 183 g/mol. The summed E-state index contributed by atoms with van der Waals surface area (Å²) in [6, 6.07) is 0.275. The molecule has 1 aliphatic carbocycles. The Morgan fingerprint density at radius 2 is 1.92 bits per heavy atom. The first-order chi connectivity index (χ1) is 6.02. The number of nitrogens with two attached hydrogens (primary N) is 1. The van der Waals surface area contributed by atoms with Gasteiger partial charge in [0.2, 0.25) is 0 Å². The van der Waals surface area contributed by atoms with Crippen LogP contribution in [0.25, 0.3) is 0 Å². The van der Waals surface area contributed by atoms with Gasteiger partial charge in [0.05, 0.1) is 0 Å². The van der Waals surface area contributed by atoms with Crippen molar-refractivity contribution in [1.29, 1.82) is 0 Å². The van der Waals surface area contributed by atoms with Crippen LogP contribution in [0, 0.1) is 0 Å². The van der Waals surface area contributed by atoms with Crippen molar-refractivity contribution in [2.24, 2.45) is 10.7 Å². The first-order valence-electron chi connectivity index (χ1n) is 5.13. The highest BCUT2D eigenvalue weighted by Crippen LogP contribution is 2.28. The zero-order valence-electron chi connectivity index (χ0n) is 8.93. The smallest absolute Gasteiger partial charge is 0.189 e. The van der Waals surface area contributed by atoms with Gasteiger partial charge < -0.3 is 11.1 Å². The summed E-state index contributed by atoms with van der Waals surface area (Å²) in [6.45, 7) is 6.29. The van der Waals surface area contributed by atoms with Gasteiger partial charge in [-0.05, 0) is 33.6 Å². The Labute approximate surface area is 80.8 Å². The molecule has 0 heterocycles. The molecule has 0 aromatic rings. The third kappa shape index (κ3) is 3.25. The van der Waals surface area contributed by atoms with Gasteiger partial charge in [-0.25, -0.2) is 0 Å². The summed E-state index contributed by atoms with van der Waals surface area (Å²) in [5, 5.41) is 3.31. The number of nitrogens with zero attached hydrogens (tertiary/aromatic N) is 1. The van der Waals surface area contributed by atoms with Crippen LogP contribution in [0.4, 0.5) is 0 Å². The number of rotatable bonds is 2. The molecule has 3 nitrogen and oxygen atoms in total. The lowest BCUT2D eigenvalue weighted by Gasteiger charge is -2.26. The van der Waals surface area contributed by atoms with Crippen LogP contribution in [0.5, 0.6) is 0 Å². The largest absolute Gasteiger partial charge is 0.370 e. The highest BCUT2D eigenvalue weighted by Gasteiger charge is 2.28. The van der Waals surface area contributed by atoms with Crippen molar-refractivity contribution in [3.63, 3.8) is 0 Å². The molecule has 13 heavy (non-hydrogen) atoms. The zero-order chi connectivity index (χ0) is 9.90. The van der Waals surface area contributed by atoms with Crippen molar-refractivity contribution >= 4 is 5.96 Å². The van der Waals surface area contributed by atoms with E-state index in [1.165, 1.54) is 25.7 Å². The molecule has 0 aliphatic heterocycles. The van der Waals surface area contributed by atoms with Gasteiger partial charge in [-0.1, -0.05) is 12.8 Å². The van der Waals surface area contributed by atoms with Gasteiger partial charge in [-0.2, -0.15) is 0 Å². The lowest BCUT2D eigenvalue weighted by Crippen LogP contribution is -2.47. The fourth-order valence-electron chi connectivity index (χ4n) is 1.90. The molecule has 0 amide bonds. The van der Waals surface area contributed by atoms with Gasteiger partial charge in [0.25, 0.3) is 0 Å². The standard InChI is InChI=1S/C10H21N3/c1-8(2)12-9(11)13-10(3)6-4-5-7-10/h8H,4-7H2,1-3H3,(H3,11,12,13). The van der Waals surface area contributed by atoms with E-state index in [-0.39, 0.29) is 11.6 Å². The minimum atomic E-state index is 0.197.